The van der Waals surface area contributed by atoms with Crippen molar-refractivity contribution >= 4 is 5.91 Å². The van der Waals surface area contributed by atoms with E-state index in [1.165, 1.54) is 0 Å². The van der Waals surface area contributed by atoms with E-state index in [0.29, 0.717) is 31.1 Å². The Balaban J connectivity index is 1.96. The van der Waals surface area contributed by atoms with Gasteiger partial charge >= 0.3 is 0 Å². The lowest BCUT2D eigenvalue weighted by Gasteiger charge is -2.26. The molecule has 106 valence electrons. The van der Waals surface area contributed by atoms with Gasteiger partial charge in [-0.1, -0.05) is 12.1 Å². The van der Waals surface area contributed by atoms with E-state index in [9.17, 15) is 4.79 Å². The number of carbonyl (C=O) groups is 1. The fourth-order valence-electron chi connectivity index (χ4n) is 2.17. The lowest BCUT2D eigenvalue weighted by atomic mass is 10.2. The van der Waals surface area contributed by atoms with Crippen LogP contribution in [0.5, 0.6) is 5.75 Å². The van der Waals surface area contributed by atoms with Crippen LogP contribution in [0.3, 0.4) is 0 Å². The fraction of sp³-hybridized carbons (Fsp3) is 0.467. The Bertz CT molecular complexity index is 510. The Kier molecular flexibility index (Phi) is 4.97. The predicted octanol–water partition coefficient (Wildman–Crippen LogP) is 1.57. The van der Waals surface area contributed by atoms with Crippen molar-refractivity contribution in [2.75, 3.05) is 26.4 Å². The number of benzene rings is 1. The first-order chi connectivity index (χ1) is 9.72. The van der Waals surface area contributed by atoms with Gasteiger partial charge in [0, 0.05) is 19.2 Å². The second-order valence-electron chi connectivity index (χ2n) is 4.73. The Hall–Kier alpha value is -2.06. The summed E-state index contributed by atoms with van der Waals surface area (Å²) in [6.07, 6.45) is 0.834. The molecule has 5 heteroatoms. The summed E-state index contributed by atoms with van der Waals surface area (Å²) in [5.41, 5.74) is 0.438. The molecular formula is C15H18N2O3. The molecule has 20 heavy (non-hydrogen) atoms. The molecule has 0 N–H and O–H groups in total. The maximum Gasteiger partial charge on any atom is 0.260 e. The van der Waals surface area contributed by atoms with Gasteiger partial charge < -0.3 is 14.4 Å². The van der Waals surface area contributed by atoms with Crippen LogP contribution in [0.25, 0.3) is 0 Å². The minimum absolute atomic E-state index is 0.0525. The van der Waals surface area contributed by atoms with E-state index in [-0.39, 0.29) is 18.6 Å². The number of nitriles is 1. The first-order valence-corrected chi connectivity index (χ1v) is 6.71. The van der Waals surface area contributed by atoms with Crippen molar-refractivity contribution in [2.45, 2.75) is 19.4 Å². The van der Waals surface area contributed by atoms with E-state index < -0.39 is 0 Å². The number of hydrogen-bond donors (Lipinski definition) is 0. The van der Waals surface area contributed by atoms with Gasteiger partial charge in [0.2, 0.25) is 0 Å². The van der Waals surface area contributed by atoms with Crippen LogP contribution in [0.2, 0.25) is 0 Å². The molecule has 0 aromatic heterocycles. The lowest BCUT2D eigenvalue weighted by Crippen LogP contribution is -2.42. The Morgan fingerprint density at radius 3 is 3.10 bits per heavy atom. The van der Waals surface area contributed by atoms with Crippen molar-refractivity contribution in [3.63, 3.8) is 0 Å². The number of hydrogen-bond acceptors (Lipinski definition) is 4. The lowest BCUT2D eigenvalue weighted by molar-refractivity contribution is -0.135. The number of ether oxygens (including phenoxy) is 2. The average molecular weight is 274 g/mol. The van der Waals surface area contributed by atoms with Gasteiger partial charge in [-0.05, 0) is 25.5 Å². The first-order valence-electron chi connectivity index (χ1n) is 6.71. The second-order valence-corrected chi connectivity index (χ2v) is 4.73. The molecule has 1 saturated heterocycles. The molecule has 0 radical (unpaired) electrons. The zero-order valence-corrected chi connectivity index (χ0v) is 11.5. The van der Waals surface area contributed by atoms with Crippen LogP contribution in [0, 0.1) is 11.3 Å². The molecule has 5 nitrogen and oxygen atoms in total. The van der Waals surface area contributed by atoms with Gasteiger partial charge in [-0.2, -0.15) is 5.26 Å². The third-order valence-electron chi connectivity index (χ3n) is 3.37. The van der Waals surface area contributed by atoms with Crippen LogP contribution in [-0.2, 0) is 9.53 Å². The van der Waals surface area contributed by atoms with Crippen molar-refractivity contribution in [1.29, 1.82) is 5.26 Å². The average Bonchev–Trinajstić information content (AvgIpc) is 2.69. The zero-order valence-electron chi connectivity index (χ0n) is 11.5. The van der Waals surface area contributed by atoms with Crippen LogP contribution < -0.4 is 4.74 Å². The maximum atomic E-state index is 12.2. The molecule has 1 aliphatic rings. The summed E-state index contributed by atoms with van der Waals surface area (Å²) in [5, 5.41) is 8.97. The van der Waals surface area contributed by atoms with Gasteiger partial charge in [0.05, 0.1) is 12.2 Å². The van der Waals surface area contributed by atoms with E-state index in [1.807, 2.05) is 13.0 Å². The Labute approximate surface area is 118 Å². The SMILES string of the molecule is CC1CCOCCN1C(=O)COc1ccccc1C#N. The number of nitrogens with zero attached hydrogens (tertiary/aromatic N) is 2. The molecule has 1 aromatic carbocycles. The van der Waals surface area contributed by atoms with Crippen LogP contribution in [0.15, 0.2) is 24.3 Å². The molecule has 0 bridgehead atoms. The highest BCUT2D eigenvalue weighted by Gasteiger charge is 2.22. The molecule has 1 aromatic rings. The van der Waals surface area contributed by atoms with Gasteiger partial charge in [-0.15, -0.1) is 0 Å². The predicted molar refractivity (Wildman–Crippen MR) is 73.3 cm³/mol. The molecule has 0 saturated carbocycles. The largest absolute Gasteiger partial charge is 0.482 e. The highest BCUT2D eigenvalue weighted by molar-refractivity contribution is 5.78. The van der Waals surface area contributed by atoms with Crippen molar-refractivity contribution < 1.29 is 14.3 Å². The van der Waals surface area contributed by atoms with Crippen LogP contribution in [0.4, 0.5) is 0 Å². The summed E-state index contributed by atoms with van der Waals surface area (Å²) in [5.74, 6) is 0.373. The molecule has 1 aliphatic heterocycles. The molecule has 1 heterocycles. The molecular weight excluding hydrogens is 256 g/mol. The molecule has 1 unspecified atom stereocenters. The summed E-state index contributed by atoms with van der Waals surface area (Å²) in [6, 6.07) is 9.11. The quantitative estimate of drug-likeness (QED) is 0.839. The van der Waals surface area contributed by atoms with Gasteiger partial charge in [-0.3, -0.25) is 4.79 Å². The number of carbonyl (C=O) groups excluding carboxylic acids is 1. The normalized spacial score (nSPS) is 19.0. The fourth-order valence-corrected chi connectivity index (χ4v) is 2.17. The van der Waals surface area contributed by atoms with E-state index in [4.69, 9.17) is 14.7 Å². The smallest absolute Gasteiger partial charge is 0.260 e. The van der Waals surface area contributed by atoms with Crippen molar-refractivity contribution in [3.05, 3.63) is 29.8 Å². The number of amides is 1. The van der Waals surface area contributed by atoms with E-state index >= 15 is 0 Å². The number of rotatable bonds is 3. The molecule has 0 aliphatic carbocycles. The summed E-state index contributed by atoms with van der Waals surface area (Å²) in [6.45, 7) is 3.79. The third kappa shape index (κ3) is 3.49. The summed E-state index contributed by atoms with van der Waals surface area (Å²) < 4.78 is 10.8. The van der Waals surface area contributed by atoms with Crippen molar-refractivity contribution in [2.24, 2.45) is 0 Å². The van der Waals surface area contributed by atoms with E-state index in [1.54, 1.807) is 29.2 Å². The summed E-state index contributed by atoms with van der Waals surface area (Å²) in [7, 11) is 0. The van der Waals surface area contributed by atoms with Gasteiger partial charge in [-0.25, -0.2) is 0 Å². The summed E-state index contributed by atoms with van der Waals surface area (Å²) >= 11 is 0. The maximum absolute atomic E-state index is 12.2. The Morgan fingerprint density at radius 2 is 2.30 bits per heavy atom. The van der Waals surface area contributed by atoms with Crippen LogP contribution in [-0.4, -0.2) is 43.2 Å². The first kappa shape index (κ1) is 14.4. The van der Waals surface area contributed by atoms with Crippen LogP contribution in [0.1, 0.15) is 18.9 Å². The van der Waals surface area contributed by atoms with E-state index in [0.717, 1.165) is 6.42 Å². The van der Waals surface area contributed by atoms with Gasteiger partial charge in [0.15, 0.2) is 6.61 Å². The minimum atomic E-state index is -0.0734. The topological polar surface area (TPSA) is 62.6 Å². The molecule has 2 rings (SSSR count). The molecule has 1 amide bonds. The molecule has 0 spiro atoms. The second kappa shape index (κ2) is 6.92. The van der Waals surface area contributed by atoms with Gasteiger partial charge in [0.25, 0.3) is 5.91 Å². The number of para-hydroxylation sites is 1. The Morgan fingerprint density at radius 1 is 1.50 bits per heavy atom. The minimum Gasteiger partial charge on any atom is -0.482 e. The van der Waals surface area contributed by atoms with Crippen molar-refractivity contribution in [1.82, 2.24) is 4.90 Å². The standard InChI is InChI=1S/C15H18N2O3/c1-12-6-8-19-9-7-17(12)15(18)11-20-14-5-3-2-4-13(14)10-16/h2-5,12H,6-9,11H2,1H3. The zero-order chi connectivity index (χ0) is 14.4. The highest BCUT2D eigenvalue weighted by Crippen LogP contribution is 2.17. The third-order valence-corrected chi connectivity index (χ3v) is 3.37. The monoisotopic (exact) mass is 274 g/mol. The molecule has 1 atom stereocenters. The van der Waals surface area contributed by atoms with Gasteiger partial charge in [0.1, 0.15) is 11.8 Å². The van der Waals surface area contributed by atoms with Crippen LogP contribution >= 0.6 is 0 Å². The van der Waals surface area contributed by atoms with E-state index in [2.05, 4.69) is 0 Å². The summed E-state index contributed by atoms with van der Waals surface area (Å²) in [4.78, 5) is 14.0. The molecule has 1 fully saturated rings. The van der Waals surface area contributed by atoms with Crippen molar-refractivity contribution in [3.8, 4) is 11.8 Å². The highest BCUT2D eigenvalue weighted by atomic mass is 16.5.